The molecule has 170 valence electrons. The minimum absolute atomic E-state index is 0.0481. The number of hydrogen-bond donors (Lipinski definition) is 2. The summed E-state index contributed by atoms with van der Waals surface area (Å²) < 4.78 is 6.31. The van der Waals surface area contributed by atoms with Crippen molar-refractivity contribution >= 4 is 17.5 Å². The number of fused-ring (bicyclic) bond motifs is 2. The first-order valence-electron chi connectivity index (χ1n) is 11.6. The summed E-state index contributed by atoms with van der Waals surface area (Å²) in [6.45, 7) is 5.36. The van der Waals surface area contributed by atoms with Crippen LogP contribution in [0, 0.1) is 5.41 Å². The molecule has 0 spiro atoms. The van der Waals surface area contributed by atoms with Gasteiger partial charge in [-0.05, 0) is 48.6 Å². The Morgan fingerprint density at radius 3 is 2.88 bits per heavy atom. The molecule has 1 aromatic carbocycles. The molecule has 1 fully saturated rings. The molecule has 1 aliphatic carbocycles. The van der Waals surface area contributed by atoms with Gasteiger partial charge in [-0.3, -0.25) is 9.78 Å². The van der Waals surface area contributed by atoms with E-state index >= 15 is 0 Å². The Bertz CT molecular complexity index is 1040. The molecule has 1 aromatic heterocycles. The average Bonchev–Trinajstić information content (AvgIpc) is 3.40. The molecule has 7 heteroatoms. The average molecular weight is 456 g/mol. The molecule has 5 rings (SSSR count). The molecule has 0 saturated carbocycles. The minimum Gasteiger partial charge on any atom is -0.479 e. The number of aromatic nitrogens is 1. The molecule has 1 amide bonds. The summed E-state index contributed by atoms with van der Waals surface area (Å²) >= 11 is 6.52. The lowest BCUT2D eigenvalue weighted by Gasteiger charge is -2.29. The lowest BCUT2D eigenvalue weighted by atomic mass is 9.81. The summed E-state index contributed by atoms with van der Waals surface area (Å²) in [4.78, 5) is 19.6. The van der Waals surface area contributed by atoms with E-state index in [1.54, 1.807) is 0 Å². The predicted molar refractivity (Wildman–Crippen MR) is 124 cm³/mol. The molecular weight excluding hydrogens is 426 g/mol. The molecule has 0 bridgehead atoms. The maximum atomic E-state index is 13.1. The second-order valence-electron chi connectivity index (χ2n) is 9.37. The van der Waals surface area contributed by atoms with E-state index in [2.05, 4.69) is 17.2 Å². The zero-order valence-corrected chi connectivity index (χ0v) is 19.2. The number of piperazine rings is 1. The molecule has 32 heavy (non-hydrogen) atoms. The highest BCUT2D eigenvalue weighted by Crippen LogP contribution is 2.47. The van der Waals surface area contributed by atoms with Gasteiger partial charge in [0.15, 0.2) is 6.10 Å². The Kier molecular flexibility index (Phi) is 5.86. The van der Waals surface area contributed by atoms with Crippen LogP contribution in [0.15, 0.2) is 24.4 Å². The van der Waals surface area contributed by atoms with Gasteiger partial charge in [0.25, 0.3) is 5.91 Å². The highest BCUT2D eigenvalue weighted by molar-refractivity contribution is 6.31. The molecular formula is C25H30ClN3O3. The third-order valence-corrected chi connectivity index (χ3v) is 7.36. The number of halogens is 1. The second kappa shape index (κ2) is 8.65. The largest absolute Gasteiger partial charge is 0.479 e. The van der Waals surface area contributed by atoms with Gasteiger partial charge in [0, 0.05) is 72.7 Å². The Balaban J connectivity index is 1.49. The molecule has 2 atom stereocenters. The highest BCUT2D eigenvalue weighted by Gasteiger charge is 2.40. The molecule has 3 heterocycles. The van der Waals surface area contributed by atoms with Gasteiger partial charge in [0.05, 0.1) is 0 Å². The van der Waals surface area contributed by atoms with Crippen LogP contribution >= 0.6 is 11.6 Å². The Morgan fingerprint density at radius 2 is 2.12 bits per heavy atom. The molecule has 2 unspecified atom stereocenters. The van der Waals surface area contributed by atoms with Crippen LogP contribution in [0.2, 0.25) is 5.02 Å². The van der Waals surface area contributed by atoms with E-state index in [1.807, 2.05) is 29.3 Å². The Labute approximate surface area is 193 Å². The zero-order valence-electron chi connectivity index (χ0n) is 18.5. The van der Waals surface area contributed by atoms with E-state index < -0.39 is 6.10 Å². The normalized spacial score (nSPS) is 24.2. The third kappa shape index (κ3) is 3.78. The highest BCUT2D eigenvalue weighted by atomic mass is 35.5. The topological polar surface area (TPSA) is 74.7 Å². The number of pyridine rings is 1. The maximum Gasteiger partial charge on any atom is 0.264 e. The number of amides is 1. The van der Waals surface area contributed by atoms with E-state index in [1.165, 1.54) is 5.56 Å². The predicted octanol–water partition coefficient (Wildman–Crippen LogP) is 3.01. The van der Waals surface area contributed by atoms with Crippen LogP contribution in [0.25, 0.3) is 11.1 Å². The monoisotopic (exact) mass is 455 g/mol. The van der Waals surface area contributed by atoms with Crippen molar-refractivity contribution in [2.45, 2.75) is 45.1 Å². The number of carbonyl (C=O) groups excluding carboxylic acids is 1. The van der Waals surface area contributed by atoms with Gasteiger partial charge >= 0.3 is 0 Å². The summed E-state index contributed by atoms with van der Waals surface area (Å²) in [6.07, 6.45) is 5.43. The van der Waals surface area contributed by atoms with Crippen LogP contribution in [0.4, 0.5) is 0 Å². The summed E-state index contributed by atoms with van der Waals surface area (Å²) in [6, 6.07) is 5.87. The first-order chi connectivity index (χ1) is 15.5. The van der Waals surface area contributed by atoms with Crippen molar-refractivity contribution in [2.75, 3.05) is 32.8 Å². The number of ether oxygens (including phenoxy) is 1. The van der Waals surface area contributed by atoms with Crippen molar-refractivity contribution in [3.05, 3.63) is 46.2 Å². The molecule has 6 nitrogen and oxygen atoms in total. The van der Waals surface area contributed by atoms with Gasteiger partial charge in [-0.15, -0.1) is 0 Å². The Hall–Kier alpha value is -2.15. The first-order valence-corrected chi connectivity index (χ1v) is 12.0. The van der Waals surface area contributed by atoms with Crippen LogP contribution in [-0.4, -0.2) is 59.8 Å². The van der Waals surface area contributed by atoms with Crippen molar-refractivity contribution in [3.63, 3.8) is 0 Å². The number of rotatable bonds is 5. The molecule has 2 N–H and O–H groups in total. The number of carbonyl (C=O) groups is 1. The number of nitrogens with one attached hydrogen (secondary N) is 1. The van der Waals surface area contributed by atoms with Crippen LogP contribution in [0.3, 0.4) is 0 Å². The fraction of sp³-hybridized carbons (Fsp3) is 0.520. The SMILES string of the molecule is CCCC1(CO)Cc2nccc(-c3cc(Cl)cc4c3OC(C(=O)N3CCNCC3)C4)c2C1. The zero-order chi connectivity index (χ0) is 22.3. The molecule has 2 aliphatic heterocycles. The summed E-state index contributed by atoms with van der Waals surface area (Å²) in [5.74, 6) is 0.806. The van der Waals surface area contributed by atoms with Crippen molar-refractivity contribution in [2.24, 2.45) is 5.41 Å². The smallest absolute Gasteiger partial charge is 0.264 e. The van der Waals surface area contributed by atoms with Gasteiger partial charge in [0.2, 0.25) is 0 Å². The number of aliphatic hydroxyl groups excluding tert-OH is 1. The number of aliphatic hydroxyl groups is 1. The van der Waals surface area contributed by atoms with E-state index in [9.17, 15) is 9.90 Å². The van der Waals surface area contributed by atoms with Crippen molar-refractivity contribution in [1.29, 1.82) is 0 Å². The van der Waals surface area contributed by atoms with Crippen molar-refractivity contribution in [3.8, 4) is 16.9 Å². The Morgan fingerprint density at radius 1 is 1.31 bits per heavy atom. The van der Waals surface area contributed by atoms with Crippen molar-refractivity contribution < 1.29 is 14.6 Å². The van der Waals surface area contributed by atoms with Crippen molar-refractivity contribution in [1.82, 2.24) is 15.2 Å². The summed E-state index contributed by atoms with van der Waals surface area (Å²) in [5, 5.41) is 14.1. The number of nitrogens with zero attached hydrogens (tertiary/aromatic N) is 2. The van der Waals surface area contributed by atoms with E-state index in [0.29, 0.717) is 24.5 Å². The van der Waals surface area contributed by atoms with Gasteiger partial charge in [-0.25, -0.2) is 0 Å². The number of benzene rings is 1. The second-order valence-corrected chi connectivity index (χ2v) is 9.81. The van der Waals surface area contributed by atoms with Gasteiger partial charge < -0.3 is 20.1 Å². The van der Waals surface area contributed by atoms with Gasteiger partial charge in [-0.2, -0.15) is 0 Å². The van der Waals surface area contributed by atoms with Crippen LogP contribution in [0.1, 0.15) is 36.6 Å². The summed E-state index contributed by atoms with van der Waals surface area (Å²) in [7, 11) is 0. The van der Waals surface area contributed by atoms with E-state index in [4.69, 9.17) is 16.3 Å². The minimum atomic E-state index is -0.508. The molecule has 1 saturated heterocycles. The molecule has 3 aliphatic rings. The van der Waals surface area contributed by atoms with Crippen LogP contribution in [-0.2, 0) is 24.1 Å². The molecule has 2 aromatic rings. The van der Waals surface area contributed by atoms with Crippen LogP contribution < -0.4 is 10.1 Å². The van der Waals surface area contributed by atoms with Gasteiger partial charge in [-0.1, -0.05) is 24.9 Å². The number of hydrogen-bond acceptors (Lipinski definition) is 5. The fourth-order valence-corrected chi connectivity index (χ4v) is 5.82. The maximum absolute atomic E-state index is 13.1. The third-order valence-electron chi connectivity index (χ3n) is 7.15. The summed E-state index contributed by atoms with van der Waals surface area (Å²) in [5.41, 5.74) is 5.02. The van der Waals surface area contributed by atoms with Gasteiger partial charge in [0.1, 0.15) is 5.75 Å². The fourth-order valence-electron chi connectivity index (χ4n) is 5.58. The first kappa shape index (κ1) is 21.7. The lowest BCUT2D eigenvalue weighted by molar-refractivity contribution is -0.138. The van der Waals surface area contributed by atoms with E-state index in [0.717, 1.165) is 66.9 Å². The standard InChI is InChI=1S/C25H30ClN3O3/c1-2-4-25(15-30)13-20-18(3-5-28-21(20)14-25)19-12-17(26)10-16-11-22(32-23(16)19)24(31)29-8-6-27-7-9-29/h3,5,10,12,22,27,30H,2,4,6-9,11,13-15H2,1H3. The quantitative estimate of drug-likeness (QED) is 0.725. The van der Waals surface area contributed by atoms with Crippen LogP contribution in [0.5, 0.6) is 5.75 Å². The lowest BCUT2D eigenvalue weighted by Crippen LogP contribution is -2.50. The van der Waals surface area contributed by atoms with E-state index in [-0.39, 0.29) is 17.9 Å². The molecule has 0 radical (unpaired) electrons.